The van der Waals surface area contributed by atoms with E-state index in [4.69, 9.17) is 14.5 Å². The number of fused-ring (bicyclic) bond motifs is 5. The number of aryl methyl sites for hydroxylation is 1. The van der Waals surface area contributed by atoms with Gasteiger partial charge in [0.05, 0.1) is 18.1 Å². The van der Waals surface area contributed by atoms with Gasteiger partial charge in [-0.25, -0.2) is 19.0 Å². The van der Waals surface area contributed by atoms with Crippen molar-refractivity contribution in [3.05, 3.63) is 28.6 Å². The number of ether oxygens (including phenoxy) is 2. The zero-order valence-electron chi connectivity index (χ0n) is 27.5. The molecule has 2 N–H and O–H groups in total. The molecule has 47 heavy (non-hydrogen) atoms. The number of nitrogens with zero attached hydrogens (tertiary/aromatic N) is 5. The Bertz CT molecular complexity index is 1830. The number of hydrogen-bond acceptors (Lipinski definition) is 9. The largest absolute Gasteiger partial charge is 0.609 e. The lowest BCUT2D eigenvalue weighted by Crippen LogP contribution is -2.64. The Kier molecular flexibility index (Phi) is 7.47. The molecule has 5 atom stereocenters. The van der Waals surface area contributed by atoms with Gasteiger partial charge in [0, 0.05) is 29.0 Å². The second kappa shape index (κ2) is 11.1. The molecule has 2 bridgehead atoms. The molecule has 3 aliphatic heterocycles. The number of benzene rings is 1. The van der Waals surface area contributed by atoms with E-state index in [-0.39, 0.29) is 45.6 Å². The van der Waals surface area contributed by atoms with E-state index >= 15 is 4.39 Å². The van der Waals surface area contributed by atoms with Gasteiger partial charge in [-0.15, -0.1) is 0 Å². The van der Waals surface area contributed by atoms with Gasteiger partial charge in [-0.2, -0.15) is 9.97 Å². The summed E-state index contributed by atoms with van der Waals surface area (Å²) in [5.74, 6) is -0.0370. The lowest BCUT2D eigenvalue weighted by Gasteiger charge is -2.47. The zero-order chi connectivity index (χ0) is 33.7. The van der Waals surface area contributed by atoms with Gasteiger partial charge in [-0.3, -0.25) is 10.2 Å². The summed E-state index contributed by atoms with van der Waals surface area (Å²) in [7, 11) is 0. The number of piperazine rings is 1. The van der Waals surface area contributed by atoms with Crippen LogP contribution in [0, 0.1) is 19.7 Å². The number of pyridine rings is 1. The van der Waals surface area contributed by atoms with Crippen LogP contribution in [0.15, 0.2) is 11.2 Å². The first-order chi connectivity index (χ1) is 22.1. The number of hydrogen-bond donors (Lipinski definition) is 2. The van der Waals surface area contributed by atoms with E-state index in [0.29, 0.717) is 42.0 Å². The summed E-state index contributed by atoms with van der Waals surface area (Å²) >= 11 is -1.65. The van der Waals surface area contributed by atoms with Gasteiger partial charge in [0.2, 0.25) is 5.88 Å². The van der Waals surface area contributed by atoms with Gasteiger partial charge in [0.15, 0.2) is 11.6 Å². The maximum Gasteiger partial charge on any atom is 0.412 e. The molecule has 14 heteroatoms. The minimum atomic E-state index is -1.65. The second-order valence-electron chi connectivity index (χ2n) is 14.1. The third-order valence-electron chi connectivity index (χ3n) is 9.64. The van der Waals surface area contributed by atoms with Crippen molar-refractivity contribution in [2.24, 2.45) is 0 Å². The summed E-state index contributed by atoms with van der Waals surface area (Å²) in [6, 6.07) is 0.798. The summed E-state index contributed by atoms with van der Waals surface area (Å²) in [5.41, 5.74) is 2.68. The topological polar surface area (TPSA) is 153 Å². The molecule has 5 unspecified atom stereocenters. The standard InChI is InChI=1S/C33H39FN6O6S/c1-14-12-19(35-31(41)46-33(4,5)6)15(2)22(21(14)17-8-9-17)25-24(34)26-23-28(38-30(37-26)47(7)44)39-13-18-10-11-20(40(18)32(42)43)27(39)16(3)45-29(23)36-25/h12,16-18,20,27H,8-11,13H2,1-7H3,(H,35,41)(H,42,43). The Morgan fingerprint density at radius 2 is 1.89 bits per heavy atom. The lowest BCUT2D eigenvalue weighted by molar-refractivity contribution is 0.0634. The van der Waals surface area contributed by atoms with Crippen LogP contribution in [-0.4, -0.2) is 84.3 Å². The van der Waals surface area contributed by atoms with Crippen LogP contribution in [0.5, 0.6) is 5.88 Å². The molecule has 2 saturated heterocycles. The quantitative estimate of drug-likeness (QED) is 0.255. The van der Waals surface area contributed by atoms with Crippen LogP contribution in [0.2, 0.25) is 0 Å². The molecule has 1 aliphatic carbocycles. The van der Waals surface area contributed by atoms with Crippen molar-refractivity contribution in [2.75, 3.05) is 23.0 Å². The van der Waals surface area contributed by atoms with E-state index in [1.165, 1.54) is 11.2 Å². The molecule has 0 spiro atoms. The smallest absolute Gasteiger partial charge is 0.412 e. The first-order valence-corrected chi connectivity index (χ1v) is 17.5. The van der Waals surface area contributed by atoms with Crippen molar-refractivity contribution in [2.45, 2.75) is 108 Å². The Morgan fingerprint density at radius 3 is 2.53 bits per heavy atom. The number of carbonyl (C=O) groups excluding carboxylic acids is 1. The fourth-order valence-electron chi connectivity index (χ4n) is 7.69. The number of anilines is 2. The van der Waals surface area contributed by atoms with Gasteiger partial charge in [-0.1, -0.05) is 0 Å². The van der Waals surface area contributed by atoms with Crippen molar-refractivity contribution >= 4 is 45.8 Å². The summed E-state index contributed by atoms with van der Waals surface area (Å²) in [5, 5.41) is 13.1. The lowest BCUT2D eigenvalue weighted by atomic mass is 9.89. The Hall–Kier alpha value is -3.91. The normalized spacial score (nSPS) is 24.0. The highest BCUT2D eigenvalue weighted by Crippen LogP contribution is 2.51. The predicted molar refractivity (Wildman–Crippen MR) is 174 cm³/mol. The number of carboxylic acid groups (broad SMARTS) is 1. The SMILES string of the molecule is Cc1cc(NC(=O)OC(C)(C)C)c(C)c(-c2nc3c4c(nc([S+](C)[O-])nc4c2F)N2CC4CCC(C2C(C)O3)N4C(=O)O)c1C1CC1. The average molecular weight is 667 g/mol. The molecule has 5 heterocycles. The van der Waals surface area contributed by atoms with Gasteiger partial charge in [-0.05, 0) is 95.9 Å². The Morgan fingerprint density at radius 1 is 1.17 bits per heavy atom. The predicted octanol–water partition coefficient (Wildman–Crippen LogP) is 5.89. The second-order valence-corrected chi connectivity index (χ2v) is 15.4. The molecule has 2 amide bonds. The fourth-order valence-corrected chi connectivity index (χ4v) is 8.13. The molecule has 4 aliphatic rings. The van der Waals surface area contributed by atoms with E-state index in [1.54, 1.807) is 20.8 Å². The highest BCUT2D eigenvalue weighted by atomic mass is 32.2. The maximum absolute atomic E-state index is 17.2. The summed E-state index contributed by atoms with van der Waals surface area (Å²) < 4.78 is 42.1. The van der Waals surface area contributed by atoms with E-state index in [2.05, 4.69) is 15.3 Å². The third kappa shape index (κ3) is 5.29. The molecule has 0 radical (unpaired) electrons. The van der Waals surface area contributed by atoms with Crippen LogP contribution in [-0.2, 0) is 15.9 Å². The van der Waals surface area contributed by atoms with Crippen LogP contribution >= 0.6 is 0 Å². The van der Waals surface area contributed by atoms with Gasteiger partial charge in [0.25, 0.3) is 0 Å². The molecule has 250 valence electrons. The zero-order valence-corrected chi connectivity index (χ0v) is 28.3. The molecule has 1 aromatic carbocycles. The van der Waals surface area contributed by atoms with Gasteiger partial charge < -0.3 is 24.0 Å². The fraction of sp³-hybridized carbons (Fsp3) is 0.545. The van der Waals surface area contributed by atoms with Crippen molar-refractivity contribution in [1.29, 1.82) is 0 Å². The number of halogens is 1. The number of carbonyl (C=O) groups is 2. The van der Waals surface area contributed by atoms with Gasteiger partial charge >= 0.3 is 17.3 Å². The summed E-state index contributed by atoms with van der Waals surface area (Å²) in [6.45, 7) is 11.3. The molecule has 1 saturated carbocycles. The average Bonchev–Trinajstić information content (AvgIpc) is 3.77. The maximum atomic E-state index is 17.2. The molecular formula is C33H39FN6O6S. The van der Waals surface area contributed by atoms with Crippen LogP contribution in [0.4, 0.5) is 25.5 Å². The highest BCUT2D eigenvalue weighted by molar-refractivity contribution is 7.90. The minimum absolute atomic E-state index is 0.0149. The van der Waals surface area contributed by atoms with Gasteiger partial charge in [0.1, 0.15) is 34.6 Å². The number of nitrogens with one attached hydrogen (secondary N) is 1. The summed E-state index contributed by atoms with van der Waals surface area (Å²) in [6.07, 6.45) is 2.49. The molecule has 3 aromatic rings. The molecule has 12 nitrogen and oxygen atoms in total. The van der Waals surface area contributed by atoms with Crippen molar-refractivity contribution in [3.8, 4) is 17.1 Å². The van der Waals surface area contributed by atoms with Crippen molar-refractivity contribution < 1.29 is 33.1 Å². The minimum Gasteiger partial charge on any atom is -0.609 e. The van der Waals surface area contributed by atoms with Crippen LogP contribution in [0.3, 0.4) is 0 Å². The number of amides is 2. The van der Waals surface area contributed by atoms with E-state index < -0.39 is 46.9 Å². The van der Waals surface area contributed by atoms with Crippen molar-refractivity contribution in [1.82, 2.24) is 19.9 Å². The number of rotatable bonds is 4. The third-order valence-corrected chi connectivity index (χ3v) is 10.3. The van der Waals surface area contributed by atoms with Crippen LogP contribution in [0.25, 0.3) is 22.2 Å². The molecule has 2 aromatic heterocycles. The van der Waals surface area contributed by atoms with E-state index in [9.17, 15) is 19.2 Å². The first kappa shape index (κ1) is 31.7. The van der Waals surface area contributed by atoms with E-state index in [0.717, 1.165) is 24.0 Å². The molecule has 3 fully saturated rings. The highest BCUT2D eigenvalue weighted by Gasteiger charge is 2.53. The first-order valence-electron chi connectivity index (χ1n) is 16.0. The van der Waals surface area contributed by atoms with Crippen molar-refractivity contribution in [3.63, 3.8) is 0 Å². The van der Waals surface area contributed by atoms with E-state index in [1.807, 2.05) is 31.7 Å². The van der Waals surface area contributed by atoms with Crippen LogP contribution < -0.4 is 15.0 Å². The summed E-state index contributed by atoms with van der Waals surface area (Å²) in [4.78, 5) is 42.7. The number of aromatic nitrogens is 3. The van der Waals surface area contributed by atoms with Crippen LogP contribution in [0.1, 0.15) is 76.0 Å². The monoisotopic (exact) mass is 666 g/mol. The molecule has 7 rings (SSSR count). The Labute approximate surface area is 275 Å². The Balaban J connectivity index is 1.45. The molecular weight excluding hydrogens is 627 g/mol.